The van der Waals surface area contributed by atoms with Gasteiger partial charge in [0.25, 0.3) is 0 Å². The molecule has 2 amide bonds. The molecule has 0 aliphatic rings. The molecule has 0 fully saturated rings. The van der Waals surface area contributed by atoms with Crippen LogP contribution in [0.5, 0.6) is 0 Å². The van der Waals surface area contributed by atoms with Gasteiger partial charge >= 0.3 is 0 Å². The Morgan fingerprint density at radius 2 is 1.74 bits per heavy atom. The predicted octanol–water partition coefficient (Wildman–Crippen LogP) is 4.48. The van der Waals surface area contributed by atoms with Crippen molar-refractivity contribution < 1.29 is 9.59 Å². The van der Waals surface area contributed by atoms with Gasteiger partial charge in [-0.1, -0.05) is 66.5 Å². The van der Waals surface area contributed by atoms with Gasteiger partial charge in [0.05, 0.1) is 16.5 Å². The van der Waals surface area contributed by atoms with Gasteiger partial charge in [-0.25, -0.2) is 0 Å². The third kappa shape index (κ3) is 6.26. The Bertz CT molecular complexity index is 781. The van der Waals surface area contributed by atoms with E-state index in [0.29, 0.717) is 23.1 Å². The lowest BCUT2D eigenvalue weighted by atomic mass is 10.1. The van der Waals surface area contributed by atoms with E-state index in [1.807, 2.05) is 37.3 Å². The number of carbonyl (C=O) groups excluding carboxylic acids is 2. The molecule has 4 nitrogen and oxygen atoms in total. The van der Waals surface area contributed by atoms with Crippen molar-refractivity contribution in [1.29, 1.82) is 0 Å². The van der Waals surface area contributed by atoms with Crippen LogP contribution in [-0.4, -0.2) is 29.3 Å². The summed E-state index contributed by atoms with van der Waals surface area (Å²) in [7, 11) is 0. The summed E-state index contributed by atoms with van der Waals surface area (Å²) < 4.78 is 0. The first kappa shape index (κ1) is 21.3. The minimum absolute atomic E-state index is 0.142. The Kier molecular flexibility index (Phi) is 8.14. The Balaban J connectivity index is 2.19. The second-order valence-electron chi connectivity index (χ2n) is 6.40. The third-order valence-electron chi connectivity index (χ3n) is 4.25. The molecule has 6 heteroatoms. The molecular weight excluding hydrogens is 383 g/mol. The number of benzene rings is 2. The molecule has 0 aliphatic heterocycles. The van der Waals surface area contributed by atoms with Crippen molar-refractivity contribution in [2.24, 2.45) is 0 Å². The van der Waals surface area contributed by atoms with Crippen LogP contribution in [0.3, 0.4) is 0 Å². The summed E-state index contributed by atoms with van der Waals surface area (Å²) in [5, 5.41) is 3.72. The van der Waals surface area contributed by atoms with Crippen molar-refractivity contribution in [2.45, 2.75) is 39.3 Å². The van der Waals surface area contributed by atoms with Gasteiger partial charge in [-0.15, -0.1) is 0 Å². The standard InChI is InChI=1S/C21H24Cl2N2O2/c1-3-11-24-21(27)15(2)25(14-16-7-5-4-6-8-16)20(26)13-17-9-10-18(22)19(23)12-17/h4-10,12,15H,3,11,13-14H2,1-2H3,(H,24,27)/t15-/m1/s1. The number of halogens is 2. The fourth-order valence-electron chi connectivity index (χ4n) is 2.68. The maximum atomic E-state index is 13.0. The van der Waals surface area contributed by atoms with Crippen molar-refractivity contribution >= 4 is 35.0 Å². The fraction of sp³-hybridized carbons (Fsp3) is 0.333. The molecule has 0 unspecified atom stereocenters. The summed E-state index contributed by atoms with van der Waals surface area (Å²) in [6.45, 7) is 4.69. The van der Waals surface area contributed by atoms with Crippen molar-refractivity contribution in [3.63, 3.8) is 0 Å². The highest BCUT2D eigenvalue weighted by molar-refractivity contribution is 6.42. The van der Waals surface area contributed by atoms with E-state index in [0.717, 1.165) is 17.5 Å². The van der Waals surface area contributed by atoms with Gasteiger partial charge in [0.1, 0.15) is 6.04 Å². The number of hydrogen-bond donors (Lipinski definition) is 1. The molecule has 0 saturated heterocycles. The van der Waals surface area contributed by atoms with Gasteiger partial charge in [0.2, 0.25) is 11.8 Å². The molecule has 0 aromatic heterocycles. The third-order valence-corrected chi connectivity index (χ3v) is 4.99. The smallest absolute Gasteiger partial charge is 0.242 e. The average molecular weight is 407 g/mol. The van der Waals surface area contributed by atoms with Crippen molar-refractivity contribution in [1.82, 2.24) is 10.2 Å². The number of nitrogens with zero attached hydrogens (tertiary/aromatic N) is 1. The van der Waals surface area contributed by atoms with Crippen molar-refractivity contribution in [3.05, 3.63) is 69.7 Å². The van der Waals surface area contributed by atoms with Gasteiger partial charge < -0.3 is 10.2 Å². The molecule has 0 aliphatic carbocycles. The van der Waals surface area contributed by atoms with E-state index in [4.69, 9.17) is 23.2 Å². The highest BCUT2D eigenvalue weighted by atomic mass is 35.5. The maximum Gasteiger partial charge on any atom is 0.242 e. The van der Waals surface area contributed by atoms with E-state index in [2.05, 4.69) is 5.32 Å². The zero-order valence-electron chi connectivity index (χ0n) is 15.5. The lowest BCUT2D eigenvalue weighted by Crippen LogP contribution is -2.48. The Morgan fingerprint density at radius 1 is 1.04 bits per heavy atom. The number of amides is 2. The summed E-state index contributed by atoms with van der Waals surface area (Å²) in [5.41, 5.74) is 1.73. The van der Waals surface area contributed by atoms with E-state index in [1.165, 1.54) is 0 Å². The second-order valence-corrected chi connectivity index (χ2v) is 7.21. The lowest BCUT2D eigenvalue weighted by molar-refractivity contribution is -0.140. The fourth-order valence-corrected chi connectivity index (χ4v) is 3.01. The lowest BCUT2D eigenvalue weighted by Gasteiger charge is -2.29. The molecule has 0 spiro atoms. The summed E-state index contributed by atoms with van der Waals surface area (Å²) >= 11 is 12.0. The molecular formula is C21H24Cl2N2O2. The van der Waals surface area contributed by atoms with Gasteiger partial charge in [-0.3, -0.25) is 9.59 Å². The SMILES string of the molecule is CCCNC(=O)[C@@H](C)N(Cc1ccccc1)C(=O)Cc1ccc(Cl)c(Cl)c1. The predicted molar refractivity (Wildman–Crippen MR) is 110 cm³/mol. The van der Waals surface area contributed by atoms with E-state index < -0.39 is 6.04 Å². The minimum Gasteiger partial charge on any atom is -0.354 e. The molecule has 144 valence electrons. The van der Waals surface area contributed by atoms with Crippen molar-refractivity contribution in [3.8, 4) is 0 Å². The van der Waals surface area contributed by atoms with E-state index in [-0.39, 0.29) is 18.2 Å². The monoisotopic (exact) mass is 406 g/mol. The molecule has 1 N–H and O–H groups in total. The first-order chi connectivity index (χ1) is 12.9. The van der Waals surface area contributed by atoms with E-state index in [9.17, 15) is 9.59 Å². The molecule has 27 heavy (non-hydrogen) atoms. The Hall–Kier alpha value is -2.04. The zero-order chi connectivity index (χ0) is 19.8. The average Bonchev–Trinajstić information content (AvgIpc) is 2.67. The topological polar surface area (TPSA) is 49.4 Å². The normalized spacial score (nSPS) is 11.7. The van der Waals surface area contributed by atoms with E-state index in [1.54, 1.807) is 30.0 Å². The maximum absolute atomic E-state index is 13.0. The Labute approximate surface area is 170 Å². The number of rotatable bonds is 8. The van der Waals surface area contributed by atoms with Crippen LogP contribution in [-0.2, 0) is 22.6 Å². The minimum atomic E-state index is -0.577. The van der Waals surface area contributed by atoms with E-state index >= 15 is 0 Å². The van der Waals surface area contributed by atoms with Crippen LogP contribution in [0, 0.1) is 0 Å². The number of hydrogen-bond acceptors (Lipinski definition) is 2. The number of carbonyl (C=O) groups is 2. The first-order valence-corrected chi connectivity index (χ1v) is 9.73. The van der Waals surface area contributed by atoms with Crippen LogP contribution in [0.2, 0.25) is 10.0 Å². The molecule has 1 atom stereocenters. The van der Waals surface area contributed by atoms with Gasteiger partial charge in [0.15, 0.2) is 0 Å². The quantitative estimate of drug-likeness (QED) is 0.702. The second kappa shape index (κ2) is 10.3. The first-order valence-electron chi connectivity index (χ1n) is 8.97. The highest BCUT2D eigenvalue weighted by Crippen LogP contribution is 2.23. The number of nitrogens with one attached hydrogen (secondary N) is 1. The zero-order valence-corrected chi connectivity index (χ0v) is 17.1. The van der Waals surface area contributed by atoms with Crippen LogP contribution in [0.4, 0.5) is 0 Å². The largest absolute Gasteiger partial charge is 0.354 e. The van der Waals surface area contributed by atoms with Crippen LogP contribution in [0.25, 0.3) is 0 Å². The molecule has 0 radical (unpaired) electrons. The summed E-state index contributed by atoms with van der Waals surface area (Å²) in [4.78, 5) is 27.0. The van der Waals surface area contributed by atoms with Gasteiger partial charge in [-0.2, -0.15) is 0 Å². The highest BCUT2D eigenvalue weighted by Gasteiger charge is 2.26. The molecule has 2 rings (SSSR count). The van der Waals surface area contributed by atoms with Crippen LogP contribution in [0.1, 0.15) is 31.4 Å². The van der Waals surface area contributed by atoms with Crippen LogP contribution in [0.15, 0.2) is 48.5 Å². The molecule has 2 aromatic rings. The molecule has 0 saturated carbocycles. The van der Waals surface area contributed by atoms with Crippen LogP contribution >= 0.6 is 23.2 Å². The van der Waals surface area contributed by atoms with Crippen LogP contribution < -0.4 is 5.32 Å². The summed E-state index contributed by atoms with van der Waals surface area (Å²) in [6, 6.07) is 14.2. The van der Waals surface area contributed by atoms with Gasteiger partial charge in [-0.05, 0) is 36.6 Å². The van der Waals surface area contributed by atoms with Crippen molar-refractivity contribution in [2.75, 3.05) is 6.54 Å². The summed E-state index contributed by atoms with van der Waals surface area (Å²) in [6.07, 6.45) is 0.990. The molecule has 2 aromatic carbocycles. The Morgan fingerprint density at radius 3 is 2.37 bits per heavy atom. The summed E-state index contributed by atoms with van der Waals surface area (Å²) in [5.74, 6) is -0.299. The molecule has 0 bridgehead atoms. The van der Waals surface area contributed by atoms with Gasteiger partial charge in [0, 0.05) is 13.1 Å². The molecule has 0 heterocycles.